The van der Waals surface area contributed by atoms with E-state index in [-0.39, 0.29) is 11.8 Å². The molecule has 3 heterocycles. The molecule has 0 bridgehead atoms. The molecular weight excluding hydrogens is 435 g/mol. The third kappa shape index (κ3) is 5.03. The Morgan fingerprint density at radius 2 is 1.88 bits per heavy atom. The first kappa shape index (κ1) is 22.8. The van der Waals surface area contributed by atoms with Gasteiger partial charge in [-0.3, -0.25) is 0 Å². The number of fused-ring (bicyclic) bond motifs is 1. The molecule has 1 atom stereocenters. The lowest BCUT2D eigenvalue weighted by atomic mass is 10.0. The minimum Gasteiger partial charge on any atom is -0.399 e. The summed E-state index contributed by atoms with van der Waals surface area (Å²) in [6, 6.07) is 4.87. The third-order valence-corrected chi connectivity index (χ3v) is 5.74. The van der Waals surface area contributed by atoms with Crippen LogP contribution in [0.4, 0.5) is 36.4 Å². The Kier molecular flexibility index (Phi) is 6.15. The molecule has 0 saturated carbocycles. The lowest BCUT2D eigenvalue weighted by Crippen LogP contribution is -2.36. The standard InChI is InChI=1S/C22H26F3N7O/c1-12(13-7-14(22(23,24)25)9-15(26)8-13)29-20-17-10-19(32-5-3-16(33)4-6-32)28-11-18(17)30-21(27-2)31-20/h7-12,16,33H,3-6,26H2,1-2H3,(H2,27,29,30,31)/t12-/m1/s1. The zero-order valence-corrected chi connectivity index (χ0v) is 18.3. The molecule has 0 radical (unpaired) electrons. The molecule has 3 aromatic rings. The second kappa shape index (κ2) is 8.89. The van der Waals surface area contributed by atoms with E-state index in [1.165, 1.54) is 6.07 Å². The minimum atomic E-state index is -4.49. The molecule has 1 saturated heterocycles. The van der Waals surface area contributed by atoms with Gasteiger partial charge in [0.1, 0.15) is 11.6 Å². The number of benzene rings is 1. The number of piperidine rings is 1. The van der Waals surface area contributed by atoms with Crippen molar-refractivity contribution in [1.29, 1.82) is 0 Å². The summed E-state index contributed by atoms with van der Waals surface area (Å²) in [6.07, 6.45) is -1.83. The summed E-state index contributed by atoms with van der Waals surface area (Å²) in [6.45, 7) is 3.10. The van der Waals surface area contributed by atoms with Crippen LogP contribution in [0, 0.1) is 0 Å². The Bertz CT molecular complexity index is 1150. The molecule has 33 heavy (non-hydrogen) atoms. The van der Waals surface area contributed by atoms with Crippen molar-refractivity contribution in [2.24, 2.45) is 0 Å². The highest BCUT2D eigenvalue weighted by molar-refractivity contribution is 5.91. The Hall–Kier alpha value is -3.34. The molecule has 1 aliphatic heterocycles. The number of hydrogen-bond donors (Lipinski definition) is 4. The summed E-state index contributed by atoms with van der Waals surface area (Å²) in [5.74, 6) is 1.55. The number of alkyl halides is 3. The molecule has 8 nitrogen and oxygen atoms in total. The van der Waals surface area contributed by atoms with Gasteiger partial charge in [0.2, 0.25) is 5.95 Å². The first-order chi connectivity index (χ1) is 15.6. The van der Waals surface area contributed by atoms with E-state index in [1.807, 2.05) is 6.07 Å². The maximum Gasteiger partial charge on any atom is 0.416 e. The van der Waals surface area contributed by atoms with E-state index in [2.05, 4.69) is 30.5 Å². The molecule has 1 aromatic carbocycles. The van der Waals surface area contributed by atoms with Crippen LogP contribution in [0.3, 0.4) is 0 Å². The second-order valence-electron chi connectivity index (χ2n) is 8.18. The van der Waals surface area contributed by atoms with E-state index in [9.17, 15) is 18.3 Å². The largest absolute Gasteiger partial charge is 0.416 e. The predicted molar refractivity (Wildman–Crippen MR) is 122 cm³/mol. The molecule has 0 spiro atoms. The van der Waals surface area contributed by atoms with Gasteiger partial charge in [0.25, 0.3) is 0 Å². The first-order valence-corrected chi connectivity index (χ1v) is 10.7. The molecule has 0 aliphatic carbocycles. The van der Waals surface area contributed by atoms with E-state index in [1.54, 1.807) is 20.2 Å². The van der Waals surface area contributed by atoms with E-state index >= 15 is 0 Å². The number of nitrogens with zero attached hydrogens (tertiary/aromatic N) is 4. The van der Waals surface area contributed by atoms with Gasteiger partial charge in [-0.25, -0.2) is 9.97 Å². The number of aliphatic hydroxyl groups is 1. The van der Waals surface area contributed by atoms with Gasteiger partial charge in [0, 0.05) is 31.2 Å². The van der Waals surface area contributed by atoms with Crippen LogP contribution in [0.2, 0.25) is 0 Å². The van der Waals surface area contributed by atoms with Gasteiger partial charge in [0.15, 0.2) is 0 Å². The number of nitrogen functional groups attached to an aromatic ring is 1. The number of nitrogens with two attached hydrogens (primary N) is 1. The minimum absolute atomic E-state index is 0.0377. The summed E-state index contributed by atoms with van der Waals surface area (Å²) in [5.41, 5.74) is 5.96. The topological polar surface area (TPSA) is 112 Å². The average Bonchev–Trinajstić information content (AvgIpc) is 2.78. The second-order valence-corrected chi connectivity index (χ2v) is 8.18. The lowest BCUT2D eigenvalue weighted by molar-refractivity contribution is -0.137. The van der Waals surface area contributed by atoms with Crippen molar-refractivity contribution in [3.8, 4) is 0 Å². The van der Waals surface area contributed by atoms with Gasteiger partial charge in [-0.05, 0) is 49.6 Å². The normalized spacial score (nSPS) is 16.1. The van der Waals surface area contributed by atoms with Crippen molar-refractivity contribution in [1.82, 2.24) is 15.0 Å². The molecule has 176 valence electrons. The maximum atomic E-state index is 13.3. The van der Waals surface area contributed by atoms with Gasteiger partial charge in [-0.2, -0.15) is 18.2 Å². The van der Waals surface area contributed by atoms with Crippen molar-refractivity contribution in [2.75, 3.05) is 41.4 Å². The molecule has 5 N–H and O–H groups in total. The van der Waals surface area contributed by atoms with Crippen LogP contribution in [0.5, 0.6) is 0 Å². The van der Waals surface area contributed by atoms with E-state index in [0.29, 0.717) is 54.2 Å². The van der Waals surface area contributed by atoms with E-state index < -0.39 is 17.8 Å². The Balaban J connectivity index is 1.70. The number of anilines is 4. The maximum absolute atomic E-state index is 13.3. The number of hydrogen-bond acceptors (Lipinski definition) is 8. The van der Waals surface area contributed by atoms with Gasteiger partial charge >= 0.3 is 6.18 Å². The van der Waals surface area contributed by atoms with Crippen LogP contribution < -0.4 is 21.3 Å². The van der Waals surface area contributed by atoms with Gasteiger partial charge in [-0.15, -0.1) is 0 Å². The smallest absolute Gasteiger partial charge is 0.399 e. The Labute approximate surface area is 189 Å². The van der Waals surface area contributed by atoms with Crippen LogP contribution >= 0.6 is 0 Å². The Morgan fingerprint density at radius 1 is 1.15 bits per heavy atom. The Morgan fingerprint density at radius 3 is 2.55 bits per heavy atom. The quantitative estimate of drug-likeness (QED) is 0.425. The van der Waals surface area contributed by atoms with Gasteiger partial charge in [0.05, 0.1) is 29.4 Å². The van der Waals surface area contributed by atoms with E-state index in [0.717, 1.165) is 18.0 Å². The monoisotopic (exact) mass is 461 g/mol. The van der Waals surface area contributed by atoms with Crippen LogP contribution in [-0.2, 0) is 6.18 Å². The fourth-order valence-corrected chi connectivity index (χ4v) is 3.89. The third-order valence-electron chi connectivity index (χ3n) is 5.74. The van der Waals surface area contributed by atoms with Crippen LogP contribution in [0.15, 0.2) is 30.5 Å². The summed E-state index contributed by atoms with van der Waals surface area (Å²) < 4.78 is 39.8. The lowest BCUT2D eigenvalue weighted by Gasteiger charge is -2.30. The molecule has 1 fully saturated rings. The number of pyridine rings is 1. The van der Waals surface area contributed by atoms with Gasteiger partial charge in [-0.1, -0.05) is 0 Å². The highest BCUT2D eigenvalue weighted by Crippen LogP contribution is 2.34. The SMILES string of the molecule is CNc1nc(N[C@H](C)c2cc(N)cc(C(F)(F)F)c2)c2cc(N3CCC(O)CC3)ncc2n1. The van der Waals surface area contributed by atoms with Crippen molar-refractivity contribution < 1.29 is 18.3 Å². The summed E-state index contributed by atoms with van der Waals surface area (Å²) >= 11 is 0. The van der Waals surface area contributed by atoms with Crippen molar-refractivity contribution in [3.05, 3.63) is 41.6 Å². The fourth-order valence-electron chi connectivity index (χ4n) is 3.89. The molecule has 11 heteroatoms. The first-order valence-electron chi connectivity index (χ1n) is 10.7. The molecule has 0 unspecified atom stereocenters. The summed E-state index contributed by atoms with van der Waals surface area (Å²) in [7, 11) is 1.68. The molecule has 0 amide bonds. The van der Waals surface area contributed by atoms with Gasteiger partial charge < -0.3 is 26.4 Å². The summed E-state index contributed by atoms with van der Waals surface area (Å²) in [4.78, 5) is 15.5. The number of nitrogens with one attached hydrogen (secondary N) is 2. The zero-order chi connectivity index (χ0) is 23.8. The molecule has 4 rings (SSSR count). The van der Waals surface area contributed by atoms with Crippen LogP contribution in [0.1, 0.15) is 36.9 Å². The molecule has 2 aromatic heterocycles. The fraction of sp³-hybridized carbons (Fsp3) is 0.409. The van der Waals surface area contributed by atoms with Crippen molar-refractivity contribution in [2.45, 2.75) is 38.1 Å². The highest BCUT2D eigenvalue weighted by Gasteiger charge is 2.31. The number of halogens is 3. The van der Waals surface area contributed by atoms with Crippen molar-refractivity contribution >= 4 is 34.2 Å². The average molecular weight is 461 g/mol. The zero-order valence-electron chi connectivity index (χ0n) is 18.3. The highest BCUT2D eigenvalue weighted by atomic mass is 19.4. The number of rotatable bonds is 5. The van der Waals surface area contributed by atoms with Crippen LogP contribution in [-0.4, -0.2) is 46.3 Å². The van der Waals surface area contributed by atoms with Crippen LogP contribution in [0.25, 0.3) is 10.9 Å². The summed E-state index contributed by atoms with van der Waals surface area (Å²) in [5, 5.41) is 16.6. The van der Waals surface area contributed by atoms with E-state index in [4.69, 9.17) is 5.73 Å². The molecular formula is C22H26F3N7O. The number of aliphatic hydroxyl groups excluding tert-OH is 1. The number of aromatic nitrogens is 3. The van der Waals surface area contributed by atoms with Crippen molar-refractivity contribution in [3.63, 3.8) is 0 Å². The predicted octanol–water partition coefficient (Wildman–Crippen LogP) is 3.80. The molecule has 1 aliphatic rings.